The normalized spacial score (nSPS) is 20.6. The highest BCUT2D eigenvalue weighted by Crippen LogP contribution is 2.20. The maximum Gasteiger partial charge on any atom is 0.246 e. The van der Waals surface area contributed by atoms with Gasteiger partial charge in [0.2, 0.25) is 10.0 Å². The predicted octanol–water partition coefficient (Wildman–Crippen LogP) is -0.996. The summed E-state index contributed by atoms with van der Waals surface area (Å²) in [5, 5.41) is 3.89. The number of anilines is 1. The van der Waals surface area contributed by atoms with Crippen LogP contribution in [0.1, 0.15) is 5.69 Å². The van der Waals surface area contributed by atoms with Gasteiger partial charge in [-0.05, 0) is 6.92 Å². The minimum absolute atomic E-state index is 0.00619. The lowest BCUT2D eigenvalue weighted by Gasteiger charge is -2.23. The number of rotatable bonds is 4. The zero-order valence-electron chi connectivity index (χ0n) is 10.9. The van der Waals surface area contributed by atoms with Crippen LogP contribution in [0.15, 0.2) is 4.90 Å². The molecule has 0 bridgehead atoms. The number of aromatic nitrogens is 2. The molecule has 0 amide bonds. The van der Waals surface area contributed by atoms with Crippen LogP contribution in [-0.4, -0.2) is 50.7 Å². The molecule has 0 radical (unpaired) electrons. The molecule has 19 heavy (non-hydrogen) atoms. The molecule has 9 heteroatoms. The largest absolute Gasteiger partial charge is 0.381 e. The first-order valence-electron chi connectivity index (χ1n) is 5.90. The fourth-order valence-corrected chi connectivity index (χ4v) is 3.26. The molecule has 2 heterocycles. The van der Waals surface area contributed by atoms with Crippen molar-refractivity contribution in [2.75, 3.05) is 32.1 Å². The number of nitrogens with one attached hydrogen (secondary N) is 1. The number of hydrogen-bond acceptors (Lipinski definition) is 6. The Morgan fingerprint density at radius 1 is 1.53 bits per heavy atom. The molecule has 3 N–H and O–H groups in total. The van der Waals surface area contributed by atoms with E-state index in [1.165, 1.54) is 4.68 Å². The third-order valence-corrected chi connectivity index (χ3v) is 4.55. The lowest BCUT2D eigenvalue weighted by molar-refractivity contribution is -0.0846. The fourth-order valence-electron chi connectivity index (χ4n) is 1.88. The molecular weight excluding hydrogens is 272 g/mol. The van der Waals surface area contributed by atoms with Gasteiger partial charge in [0.15, 0.2) is 5.82 Å². The van der Waals surface area contributed by atoms with Crippen LogP contribution in [-0.2, 0) is 26.5 Å². The Bertz CT molecular complexity index is 548. The van der Waals surface area contributed by atoms with E-state index in [0.29, 0.717) is 25.5 Å². The van der Waals surface area contributed by atoms with Gasteiger partial charge in [-0.3, -0.25) is 4.68 Å². The van der Waals surface area contributed by atoms with Gasteiger partial charge in [0.1, 0.15) is 4.90 Å². The number of nitrogens with two attached hydrogens (primary N) is 1. The second-order valence-electron chi connectivity index (χ2n) is 4.34. The molecule has 1 aromatic rings. The van der Waals surface area contributed by atoms with E-state index in [4.69, 9.17) is 15.2 Å². The number of hydrogen-bond donors (Lipinski definition) is 2. The number of nitrogens with zero attached hydrogens (tertiary/aromatic N) is 2. The number of aryl methyl sites for hydroxylation is 1. The first-order chi connectivity index (χ1) is 8.92. The average Bonchev–Trinajstić information content (AvgIpc) is 2.63. The van der Waals surface area contributed by atoms with Crippen LogP contribution >= 0.6 is 0 Å². The van der Waals surface area contributed by atoms with Gasteiger partial charge in [0, 0.05) is 13.6 Å². The van der Waals surface area contributed by atoms with Gasteiger partial charge in [0.05, 0.1) is 31.6 Å². The van der Waals surface area contributed by atoms with Crippen LogP contribution < -0.4 is 10.5 Å². The summed E-state index contributed by atoms with van der Waals surface area (Å²) >= 11 is 0. The molecule has 108 valence electrons. The zero-order valence-corrected chi connectivity index (χ0v) is 11.7. The lowest BCUT2D eigenvalue weighted by Crippen LogP contribution is -2.39. The first-order valence-corrected chi connectivity index (χ1v) is 7.38. The number of ether oxygens (including phenoxy) is 2. The summed E-state index contributed by atoms with van der Waals surface area (Å²) in [4.78, 5) is 0.0201. The van der Waals surface area contributed by atoms with E-state index >= 15 is 0 Å². The second kappa shape index (κ2) is 5.45. The number of nitrogen functional groups attached to an aromatic ring is 1. The summed E-state index contributed by atoms with van der Waals surface area (Å²) in [6.45, 7) is 3.19. The Kier molecular flexibility index (Phi) is 4.09. The molecule has 1 fully saturated rings. The SMILES string of the molecule is Cc1c(S(=O)(=O)NCC2COCCO2)c(N)nn1C. The van der Waals surface area contributed by atoms with Gasteiger partial charge < -0.3 is 15.2 Å². The van der Waals surface area contributed by atoms with Crippen molar-refractivity contribution in [1.29, 1.82) is 0 Å². The minimum Gasteiger partial charge on any atom is -0.381 e. The maximum absolute atomic E-state index is 12.2. The smallest absolute Gasteiger partial charge is 0.246 e. The summed E-state index contributed by atoms with van der Waals surface area (Å²) in [6.07, 6.45) is -0.276. The molecule has 0 aromatic carbocycles. The molecule has 1 unspecified atom stereocenters. The van der Waals surface area contributed by atoms with E-state index < -0.39 is 10.0 Å². The highest BCUT2D eigenvalue weighted by Gasteiger charge is 2.26. The van der Waals surface area contributed by atoms with Gasteiger partial charge in [-0.15, -0.1) is 0 Å². The Morgan fingerprint density at radius 2 is 2.26 bits per heavy atom. The molecule has 0 aliphatic carbocycles. The average molecular weight is 290 g/mol. The molecule has 2 rings (SSSR count). The van der Waals surface area contributed by atoms with Crippen molar-refractivity contribution in [2.24, 2.45) is 7.05 Å². The van der Waals surface area contributed by atoms with Gasteiger partial charge in [-0.1, -0.05) is 0 Å². The summed E-state index contributed by atoms with van der Waals surface area (Å²) in [6, 6.07) is 0. The fraction of sp³-hybridized carbons (Fsp3) is 0.700. The van der Waals surface area contributed by atoms with E-state index in [-0.39, 0.29) is 23.4 Å². The summed E-state index contributed by atoms with van der Waals surface area (Å²) < 4.78 is 38.9. The van der Waals surface area contributed by atoms with Crippen molar-refractivity contribution in [2.45, 2.75) is 17.9 Å². The Morgan fingerprint density at radius 3 is 2.79 bits per heavy atom. The molecule has 1 aromatic heterocycles. The van der Waals surface area contributed by atoms with E-state index in [1.807, 2.05) is 0 Å². The first kappa shape index (κ1) is 14.3. The van der Waals surface area contributed by atoms with Crippen molar-refractivity contribution in [1.82, 2.24) is 14.5 Å². The van der Waals surface area contributed by atoms with Crippen molar-refractivity contribution in [3.63, 3.8) is 0 Å². The van der Waals surface area contributed by atoms with Crippen LogP contribution in [0.4, 0.5) is 5.82 Å². The Labute approximate surface area is 111 Å². The second-order valence-corrected chi connectivity index (χ2v) is 6.05. The standard InChI is InChI=1S/C10H18N4O4S/c1-7-9(10(11)13-14(7)2)19(15,16)12-5-8-6-17-3-4-18-8/h8,12H,3-6H2,1-2H3,(H2,11,13). The van der Waals surface area contributed by atoms with E-state index in [1.54, 1.807) is 14.0 Å². The van der Waals surface area contributed by atoms with Gasteiger partial charge >= 0.3 is 0 Å². The molecule has 1 aliphatic rings. The quantitative estimate of drug-likeness (QED) is 0.736. The van der Waals surface area contributed by atoms with Crippen molar-refractivity contribution >= 4 is 15.8 Å². The van der Waals surface area contributed by atoms with E-state index in [2.05, 4.69) is 9.82 Å². The topological polar surface area (TPSA) is 108 Å². The Hall–Kier alpha value is -1.16. The van der Waals surface area contributed by atoms with Crippen LogP contribution in [0.3, 0.4) is 0 Å². The molecule has 1 aliphatic heterocycles. The van der Waals surface area contributed by atoms with Crippen LogP contribution in [0.2, 0.25) is 0 Å². The van der Waals surface area contributed by atoms with E-state index in [9.17, 15) is 8.42 Å². The monoisotopic (exact) mass is 290 g/mol. The summed E-state index contributed by atoms with van der Waals surface area (Å²) in [5.41, 5.74) is 6.12. The third-order valence-electron chi connectivity index (χ3n) is 2.96. The lowest BCUT2D eigenvalue weighted by atomic mass is 10.3. The summed E-state index contributed by atoms with van der Waals surface area (Å²) in [7, 11) is -2.05. The molecule has 0 spiro atoms. The third kappa shape index (κ3) is 3.06. The van der Waals surface area contributed by atoms with Crippen LogP contribution in [0, 0.1) is 6.92 Å². The zero-order chi connectivity index (χ0) is 14.0. The molecule has 8 nitrogen and oxygen atoms in total. The molecule has 0 saturated carbocycles. The highest BCUT2D eigenvalue weighted by molar-refractivity contribution is 7.89. The van der Waals surface area contributed by atoms with Crippen molar-refractivity contribution < 1.29 is 17.9 Å². The van der Waals surface area contributed by atoms with Crippen molar-refractivity contribution in [3.8, 4) is 0 Å². The highest BCUT2D eigenvalue weighted by atomic mass is 32.2. The van der Waals surface area contributed by atoms with E-state index in [0.717, 1.165) is 0 Å². The summed E-state index contributed by atoms with van der Waals surface area (Å²) in [5.74, 6) is -0.00619. The maximum atomic E-state index is 12.2. The predicted molar refractivity (Wildman–Crippen MR) is 68.1 cm³/mol. The van der Waals surface area contributed by atoms with Crippen LogP contribution in [0.5, 0.6) is 0 Å². The molecule has 1 atom stereocenters. The minimum atomic E-state index is -3.69. The van der Waals surface area contributed by atoms with Gasteiger partial charge in [-0.2, -0.15) is 5.10 Å². The molecule has 1 saturated heterocycles. The Balaban J connectivity index is 2.09. The van der Waals surface area contributed by atoms with Crippen LogP contribution in [0.25, 0.3) is 0 Å². The van der Waals surface area contributed by atoms with Gasteiger partial charge in [0.25, 0.3) is 0 Å². The van der Waals surface area contributed by atoms with Gasteiger partial charge in [-0.25, -0.2) is 13.1 Å². The van der Waals surface area contributed by atoms with Crippen molar-refractivity contribution in [3.05, 3.63) is 5.69 Å². The molecular formula is C10H18N4O4S. The number of sulfonamides is 1.